The first-order chi connectivity index (χ1) is 15.0. The highest BCUT2D eigenvalue weighted by molar-refractivity contribution is 6.20. The molecule has 0 aliphatic heterocycles. The van der Waals surface area contributed by atoms with Crippen molar-refractivity contribution < 1.29 is 39.9 Å². The number of phenolic OH excluding ortho intramolecular Hbond substituents is 1. The summed E-state index contributed by atoms with van der Waals surface area (Å²) < 4.78 is 0. The van der Waals surface area contributed by atoms with Crippen LogP contribution in [0.25, 0.3) is 10.4 Å². The van der Waals surface area contributed by atoms with Gasteiger partial charge >= 0.3 is 0 Å². The van der Waals surface area contributed by atoms with Gasteiger partial charge in [0, 0.05) is 23.2 Å². The Balaban J connectivity index is 1.94. The number of aromatic hydroxyl groups is 1. The third kappa shape index (κ3) is 2.55. The molecule has 3 aliphatic rings. The van der Waals surface area contributed by atoms with Crippen molar-refractivity contribution >= 4 is 23.2 Å². The summed E-state index contributed by atoms with van der Waals surface area (Å²) in [6.45, 7) is 1.63. The quantitative estimate of drug-likeness (QED) is 0.159. The highest BCUT2D eigenvalue weighted by atomic mass is 16.4. The fraction of sp³-hybridized carbons (Fsp3) is 0.450. The van der Waals surface area contributed by atoms with Gasteiger partial charge < -0.3 is 31.3 Å². The van der Waals surface area contributed by atoms with E-state index < -0.39 is 82.5 Å². The van der Waals surface area contributed by atoms with Crippen LogP contribution < -0.4 is 5.73 Å². The number of rotatable bonds is 2. The molecule has 1 fully saturated rings. The van der Waals surface area contributed by atoms with Crippen molar-refractivity contribution in [1.82, 2.24) is 0 Å². The van der Waals surface area contributed by atoms with Crippen molar-refractivity contribution in [2.45, 2.75) is 37.1 Å². The Bertz CT molecular complexity index is 1160. The van der Waals surface area contributed by atoms with Crippen molar-refractivity contribution in [2.75, 3.05) is 0 Å². The molecule has 12 heteroatoms. The fourth-order valence-corrected chi connectivity index (χ4v) is 5.59. The van der Waals surface area contributed by atoms with Crippen LogP contribution >= 0.6 is 0 Å². The third-order valence-electron chi connectivity index (χ3n) is 7.08. The standard InChI is InChI=1S/C20H20N4O8/c1-5-6-2-3-8(23-24-22)15(27)11(6)16(28)13-10(5)14(26)7-4-9(25)12(19(21)31)17(29)20(7,32)18(13)30/h2-3,5,7,10,13-14,18,26-27,29-30,32H,4H2,1H3,(H2,21,31)/t5-,7?,10?,13?,14-,18?,20?/m1/s1. The Kier molecular flexibility index (Phi) is 4.79. The average Bonchev–Trinajstić information content (AvgIpc) is 2.72. The van der Waals surface area contributed by atoms with E-state index in [1.807, 2.05) is 0 Å². The smallest absolute Gasteiger partial charge is 0.255 e. The van der Waals surface area contributed by atoms with E-state index in [1.165, 1.54) is 12.1 Å². The summed E-state index contributed by atoms with van der Waals surface area (Å²) in [4.78, 5) is 40.0. The molecule has 7 atom stereocenters. The van der Waals surface area contributed by atoms with Crippen LogP contribution in [0, 0.1) is 17.8 Å². The molecule has 12 nitrogen and oxygen atoms in total. The van der Waals surface area contributed by atoms with Gasteiger partial charge in [-0.3, -0.25) is 14.4 Å². The zero-order valence-corrected chi connectivity index (χ0v) is 16.7. The minimum Gasteiger partial charge on any atom is -0.508 e. The Labute approximate surface area is 180 Å². The van der Waals surface area contributed by atoms with Crippen molar-refractivity contribution in [2.24, 2.45) is 28.6 Å². The number of benzene rings is 1. The van der Waals surface area contributed by atoms with Gasteiger partial charge in [0.15, 0.2) is 17.2 Å². The molecule has 168 valence electrons. The van der Waals surface area contributed by atoms with Gasteiger partial charge in [0.05, 0.1) is 23.3 Å². The van der Waals surface area contributed by atoms with Crippen LogP contribution in [0.3, 0.4) is 0 Å². The Morgan fingerprint density at radius 3 is 2.53 bits per heavy atom. The molecule has 7 N–H and O–H groups in total. The summed E-state index contributed by atoms with van der Waals surface area (Å²) in [7, 11) is 0. The van der Waals surface area contributed by atoms with E-state index in [1.54, 1.807) is 6.92 Å². The summed E-state index contributed by atoms with van der Waals surface area (Å²) in [6, 6.07) is 2.75. The molecule has 1 saturated carbocycles. The Morgan fingerprint density at radius 2 is 1.94 bits per heavy atom. The second kappa shape index (κ2) is 7.04. The molecule has 4 rings (SSSR count). The van der Waals surface area contributed by atoms with Crippen molar-refractivity contribution in [1.29, 1.82) is 0 Å². The van der Waals surface area contributed by atoms with Crippen LogP contribution in [-0.2, 0) is 9.59 Å². The van der Waals surface area contributed by atoms with Crippen LogP contribution in [0.4, 0.5) is 5.69 Å². The minimum absolute atomic E-state index is 0.227. The van der Waals surface area contributed by atoms with Gasteiger partial charge in [-0.15, -0.1) is 0 Å². The molecule has 1 aromatic rings. The van der Waals surface area contributed by atoms with Gasteiger partial charge in [0.1, 0.15) is 23.2 Å². The molecule has 1 amide bonds. The zero-order chi connectivity index (χ0) is 23.7. The minimum atomic E-state index is -2.70. The predicted molar refractivity (Wildman–Crippen MR) is 106 cm³/mol. The van der Waals surface area contributed by atoms with E-state index in [4.69, 9.17) is 11.3 Å². The number of phenols is 1. The van der Waals surface area contributed by atoms with E-state index in [0.29, 0.717) is 5.56 Å². The van der Waals surface area contributed by atoms with Crippen LogP contribution in [0.5, 0.6) is 5.75 Å². The van der Waals surface area contributed by atoms with Crippen LogP contribution in [0.1, 0.15) is 35.2 Å². The summed E-state index contributed by atoms with van der Waals surface area (Å²) >= 11 is 0. The normalized spacial score (nSPS) is 36.0. The van der Waals surface area contributed by atoms with Crippen LogP contribution in [0.15, 0.2) is 28.6 Å². The number of fused-ring (bicyclic) bond motifs is 3. The number of nitrogens with two attached hydrogens (primary N) is 1. The lowest BCUT2D eigenvalue weighted by Crippen LogP contribution is -2.69. The molecule has 1 aromatic carbocycles. The van der Waals surface area contributed by atoms with Gasteiger partial charge in [-0.05, 0) is 23.1 Å². The number of carbonyl (C=O) groups excluding carboxylic acids is 3. The second-order valence-corrected chi connectivity index (χ2v) is 8.43. The second-order valence-electron chi connectivity index (χ2n) is 8.43. The van der Waals surface area contributed by atoms with Gasteiger partial charge in [0.25, 0.3) is 5.91 Å². The molecule has 3 aliphatic carbocycles. The number of amides is 1. The van der Waals surface area contributed by atoms with E-state index in [2.05, 4.69) is 10.0 Å². The lowest BCUT2D eigenvalue weighted by molar-refractivity contribution is -0.209. The number of aliphatic hydroxyl groups excluding tert-OH is 3. The Morgan fingerprint density at radius 1 is 1.28 bits per heavy atom. The summed E-state index contributed by atoms with van der Waals surface area (Å²) in [5.74, 6) is -9.48. The topological polar surface area (TPSA) is 227 Å². The van der Waals surface area contributed by atoms with Gasteiger partial charge in [-0.1, -0.05) is 18.1 Å². The highest BCUT2D eigenvalue weighted by Gasteiger charge is 2.67. The van der Waals surface area contributed by atoms with Crippen molar-refractivity contribution in [3.63, 3.8) is 0 Å². The van der Waals surface area contributed by atoms with Gasteiger partial charge in [0.2, 0.25) is 0 Å². The summed E-state index contributed by atoms with van der Waals surface area (Å²) in [6.07, 6.45) is -4.18. The summed E-state index contributed by atoms with van der Waals surface area (Å²) in [5, 5.41) is 57.9. The van der Waals surface area contributed by atoms with Crippen LogP contribution in [-0.4, -0.2) is 60.8 Å². The van der Waals surface area contributed by atoms with Crippen LogP contribution in [0.2, 0.25) is 0 Å². The lowest BCUT2D eigenvalue weighted by atomic mass is 9.51. The number of Topliss-reactive ketones (excluding diaryl/α,β-unsaturated/α-hetero) is 2. The molecule has 32 heavy (non-hydrogen) atoms. The lowest BCUT2D eigenvalue weighted by Gasteiger charge is -2.56. The molecule has 0 heterocycles. The first kappa shape index (κ1) is 21.8. The van der Waals surface area contributed by atoms with E-state index >= 15 is 0 Å². The predicted octanol–water partition coefficient (Wildman–Crippen LogP) is 0.219. The molecular weight excluding hydrogens is 424 g/mol. The van der Waals surface area contributed by atoms with Gasteiger partial charge in [-0.2, -0.15) is 0 Å². The van der Waals surface area contributed by atoms with Crippen molar-refractivity contribution in [3.05, 3.63) is 45.0 Å². The summed E-state index contributed by atoms with van der Waals surface area (Å²) in [5.41, 5.74) is 10.1. The number of carbonyl (C=O) groups is 3. The maximum absolute atomic E-state index is 13.4. The van der Waals surface area contributed by atoms with E-state index in [9.17, 15) is 39.9 Å². The molecule has 0 bridgehead atoms. The number of azide groups is 1. The average molecular weight is 444 g/mol. The van der Waals surface area contributed by atoms with E-state index in [-0.39, 0.29) is 11.3 Å². The molecule has 0 saturated heterocycles. The highest BCUT2D eigenvalue weighted by Crippen LogP contribution is 2.56. The maximum Gasteiger partial charge on any atom is 0.255 e. The van der Waals surface area contributed by atoms with E-state index in [0.717, 1.165) is 0 Å². The first-order valence-electron chi connectivity index (χ1n) is 9.78. The number of nitrogens with zero attached hydrogens (tertiary/aromatic N) is 3. The van der Waals surface area contributed by atoms with Gasteiger partial charge in [-0.25, -0.2) is 0 Å². The third-order valence-corrected chi connectivity index (χ3v) is 7.08. The molecule has 0 aromatic heterocycles. The SMILES string of the molecule is C[C@@H]1c2ccc(N=[N+]=[N-])c(O)c2C(=O)C2C1[C@H](O)C1CC(=O)C(C(N)=O)=C(O)C1(O)C2O. The Hall–Kier alpha value is -3.44. The van der Waals surface area contributed by atoms with Crippen molar-refractivity contribution in [3.8, 4) is 5.75 Å². The first-order valence-corrected chi connectivity index (χ1v) is 9.78. The largest absolute Gasteiger partial charge is 0.508 e. The molecule has 5 unspecified atom stereocenters. The molecular formula is C20H20N4O8. The number of ketones is 2. The number of primary amides is 1. The molecule has 0 radical (unpaired) electrons. The number of aliphatic hydroxyl groups is 4. The zero-order valence-electron chi connectivity index (χ0n) is 16.7. The maximum atomic E-state index is 13.4. The monoisotopic (exact) mass is 444 g/mol. The molecule has 0 spiro atoms. The number of hydrogen-bond acceptors (Lipinski definition) is 9. The fourth-order valence-electron chi connectivity index (χ4n) is 5.59. The number of hydrogen-bond donors (Lipinski definition) is 6.